The van der Waals surface area contributed by atoms with Crippen molar-refractivity contribution >= 4 is 21.9 Å². The molecule has 1 aromatic rings. The second kappa shape index (κ2) is 7.61. The van der Waals surface area contributed by atoms with Crippen LogP contribution < -0.4 is 10.5 Å². The van der Waals surface area contributed by atoms with Crippen LogP contribution in [0.15, 0.2) is 10.5 Å². The molecule has 20 heavy (non-hydrogen) atoms. The Kier molecular flexibility index (Phi) is 6.45. The molecule has 0 aliphatic carbocycles. The van der Waals surface area contributed by atoms with Crippen LogP contribution in [0.2, 0.25) is 0 Å². The van der Waals surface area contributed by atoms with Crippen molar-refractivity contribution in [3.05, 3.63) is 27.2 Å². The lowest BCUT2D eigenvalue weighted by Crippen LogP contribution is -2.22. The van der Waals surface area contributed by atoms with Gasteiger partial charge in [0.25, 0.3) is 0 Å². The molecule has 0 radical (unpaired) electrons. The first-order valence-electron chi connectivity index (χ1n) is 6.16. The van der Waals surface area contributed by atoms with E-state index in [1.807, 2.05) is 19.9 Å². The van der Waals surface area contributed by atoms with Crippen LogP contribution in [0.25, 0.3) is 0 Å². The van der Waals surface area contributed by atoms with Crippen LogP contribution in [-0.4, -0.2) is 33.4 Å². The second-order valence-electron chi connectivity index (χ2n) is 4.44. The number of carbonyl (C=O) groups excluding carboxylic acids is 1. The van der Waals surface area contributed by atoms with Crippen LogP contribution in [0, 0.1) is 13.8 Å². The molecular formula is C14H20BrNO4. The van der Waals surface area contributed by atoms with E-state index in [0.29, 0.717) is 0 Å². The van der Waals surface area contributed by atoms with Gasteiger partial charge in [0.05, 0.1) is 26.9 Å². The first-order valence-corrected chi connectivity index (χ1v) is 6.95. The van der Waals surface area contributed by atoms with E-state index in [1.165, 1.54) is 7.11 Å². The number of hydrogen-bond donors (Lipinski definition) is 1. The number of methoxy groups -OCH3 is 2. The van der Waals surface area contributed by atoms with E-state index in [1.54, 1.807) is 7.11 Å². The molecular weight excluding hydrogens is 326 g/mol. The van der Waals surface area contributed by atoms with Crippen molar-refractivity contribution in [1.82, 2.24) is 0 Å². The number of hydrogen-bond acceptors (Lipinski definition) is 5. The van der Waals surface area contributed by atoms with Crippen LogP contribution in [-0.2, 0) is 14.3 Å². The van der Waals surface area contributed by atoms with Crippen LogP contribution in [0.3, 0.4) is 0 Å². The zero-order valence-electron chi connectivity index (χ0n) is 12.2. The van der Waals surface area contributed by atoms with Gasteiger partial charge in [0.15, 0.2) is 0 Å². The van der Waals surface area contributed by atoms with Crippen molar-refractivity contribution in [2.24, 2.45) is 5.73 Å². The highest BCUT2D eigenvalue weighted by Gasteiger charge is 2.19. The fourth-order valence-electron chi connectivity index (χ4n) is 2.00. The Labute approximate surface area is 127 Å². The van der Waals surface area contributed by atoms with Crippen molar-refractivity contribution in [3.63, 3.8) is 0 Å². The van der Waals surface area contributed by atoms with Crippen molar-refractivity contribution in [3.8, 4) is 5.75 Å². The summed E-state index contributed by atoms with van der Waals surface area (Å²) < 4.78 is 16.2. The average Bonchev–Trinajstić information content (AvgIpc) is 2.41. The Bertz CT molecular complexity index is 491. The molecule has 5 nitrogen and oxygen atoms in total. The van der Waals surface area contributed by atoms with Gasteiger partial charge in [0.2, 0.25) is 0 Å². The quantitative estimate of drug-likeness (QED) is 0.800. The molecule has 2 N–H and O–H groups in total. The van der Waals surface area contributed by atoms with Crippen molar-refractivity contribution < 1.29 is 19.0 Å². The number of rotatable bonds is 6. The smallest absolute Gasteiger partial charge is 0.331 e. The zero-order valence-corrected chi connectivity index (χ0v) is 13.7. The highest BCUT2D eigenvalue weighted by atomic mass is 79.9. The summed E-state index contributed by atoms with van der Waals surface area (Å²) in [5.41, 5.74) is 9.03. The summed E-state index contributed by atoms with van der Waals surface area (Å²) in [7, 11) is 2.93. The maximum atomic E-state index is 11.0. The lowest BCUT2D eigenvalue weighted by atomic mass is 9.98. The molecule has 0 fully saturated rings. The van der Waals surface area contributed by atoms with Gasteiger partial charge in [-0.1, -0.05) is 15.9 Å². The minimum atomic E-state index is -0.425. The third-order valence-electron chi connectivity index (χ3n) is 3.03. The molecule has 6 heteroatoms. The van der Waals surface area contributed by atoms with Gasteiger partial charge in [0, 0.05) is 10.0 Å². The Morgan fingerprint density at radius 1 is 1.40 bits per heavy atom. The first-order chi connectivity index (χ1) is 9.42. The summed E-state index contributed by atoms with van der Waals surface area (Å²) in [6.45, 7) is 4.01. The number of ether oxygens (including phenoxy) is 3. The maximum absolute atomic E-state index is 11.0. The normalized spacial score (nSPS) is 12.1. The van der Waals surface area contributed by atoms with Crippen molar-refractivity contribution in [2.45, 2.75) is 19.9 Å². The summed E-state index contributed by atoms with van der Waals surface area (Å²) in [6, 6.07) is 1.60. The van der Waals surface area contributed by atoms with Crippen LogP contribution in [0.5, 0.6) is 5.75 Å². The topological polar surface area (TPSA) is 70.8 Å². The van der Waals surface area contributed by atoms with E-state index in [9.17, 15) is 4.79 Å². The highest BCUT2D eigenvalue weighted by molar-refractivity contribution is 9.10. The summed E-state index contributed by atoms with van der Waals surface area (Å²) in [4.78, 5) is 11.0. The van der Waals surface area contributed by atoms with E-state index >= 15 is 0 Å². The third kappa shape index (κ3) is 3.94. The number of halogens is 1. The second-order valence-corrected chi connectivity index (χ2v) is 5.30. The molecule has 0 aliphatic rings. The molecule has 0 aliphatic heterocycles. The lowest BCUT2D eigenvalue weighted by molar-refractivity contribution is -0.146. The molecule has 0 heterocycles. The molecule has 1 aromatic carbocycles. The molecule has 112 valence electrons. The summed E-state index contributed by atoms with van der Waals surface area (Å²) >= 11 is 3.51. The number of aryl methyl sites for hydroxylation is 1. The SMILES string of the molecule is COC(=O)COCC(N)c1c(C)c(Br)cc(C)c1OC. The highest BCUT2D eigenvalue weighted by Crippen LogP contribution is 2.35. The Morgan fingerprint density at radius 3 is 2.60 bits per heavy atom. The number of carbonyl (C=O) groups is 1. The zero-order chi connectivity index (χ0) is 15.3. The Hall–Kier alpha value is -1.11. The minimum absolute atomic E-state index is 0.113. The number of benzene rings is 1. The van der Waals surface area contributed by atoms with E-state index < -0.39 is 5.97 Å². The molecule has 0 spiro atoms. The van der Waals surface area contributed by atoms with Gasteiger partial charge in [0.1, 0.15) is 12.4 Å². The molecule has 0 aromatic heterocycles. The van der Waals surface area contributed by atoms with Gasteiger partial charge in [-0.05, 0) is 31.0 Å². The summed E-state index contributed by atoms with van der Waals surface area (Å²) in [5, 5.41) is 0. The van der Waals surface area contributed by atoms with Crippen LogP contribution >= 0.6 is 15.9 Å². The van der Waals surface area contributed by atoms with Gasteiger partial charge in [-0.25, -0.2) is 4.79 Å². The average molecular weight is 346 g/mol. The molecule has 0 saturated heterocycles. The van der Waals surface area contributed by atoms with Gasteiger partial charge in [-0.2, -0.15) is 0 Å². The molecule has 1 atom stereocenters. The van der Waals surface area contributed by atoms with Crippen molar-refractivity contribution in [2.75, 3.05) is 27.4 Å². The molecule has 1 unspecified atom stereocenters. The Morgan fingerprint density at radius 2 is 2.05 bits per heavy atom. The minimum Gasteiger partial charge on any atom is -0.496 e. The first kappa shape index (κ1) is 16.9. The number of nitrogens with two attached hydrogens (primary N) is 1. The van der Waals surface area contributed by atoms with Gasteiger partial charge in [-0.3, -0.25) is 0 Å². The maximum Gasteiger partial charge on any atom is 0.331 e. The lowest BCUT2D eigenvalue weighted by Gasteiger charge is -2.21. The van der Waals surface area contributed by atoms with Gasteiger partial charge >= 0.3 is 5.97 Å². The van der Waals surface area contributed by atoms with Gasteiger partial charge < -0.3 is 19.9 Å². The molecule has 0 amide bonds. The van der Waals surface area contributed by atoms with E-state index in [0.717, 1.165) is 26.9 Å². The standard InChI is InChI=1S/C14H20BrNO4/c1-8-5-10(15)9(2)13(14(8)19-4)11(16)6-20-7-12(17)18-3/h5,11H,6-7,16H2,1-4H3. The van der Waals surface area contributed by atoms with Gasteiger partial charge in [-0.15, -0.1) is 0 Å². The fourth-order valence-corrected chi connectivity index (χ4v) is 2.56. The fraction of sp³-hybridized carbons (Fsp3) is 0.500. The van der Waals surface area contributed by atoms with E-state index in [4.69, 9.17) is 15.2 Å². The van der Waals surface area contributed by atoms with E-state index in [-0.39, 0.29) is 19.3 Å². The Balaban J connectivity index is 2.91. The molecule has 0 saturated carbocycles. The molecule has 0 bridgehead atoms. The monoisotopic (exact) mass is 345 g/mol. The predicted octanol–water partition coefficient (Wildman–Crippen LogP) is 2.26. The summed E-state index contributed by atoms with van der Waals surface area (Å²) in [5.74, 6) is 0.325. The van der Waals surface area contributed by atoms with Crippen LogP contribution in [0.1, 0.15) is 22.7 Å². The third-order valence-corrected chi connectivity index (χ3v) is 3.85. The predicted molar refractivity (Wildman–Crippen MR) is 79.9 cm³/mol. The number of esters is 1. The van der Waals surface area contributed by atoms with Crippen molar-refractivity contribution in [1.29, 1.82) is 0 Å². The largest absolute Gasteiger partial charge is 0.496 e. The van der Waals surface area contributed by atoms with E-state index in [2.05, 4.69) is 20.7 Å². The van der Waals surface area contributed by atoms with Crippen LogP contribution in [0.4, 0.5) is 0 Å². The summed E-state index contributed by atoms with van der Waals surface area (Å²) in [6.07, 6.45) is 0. The molecule has 1 rings (SSSR count).